The van der Waals surface area contributed by atoms with Crippen LogP contribution < -0.4 is 29.6 Å². The molecule has 1 aliphatic rings. The fraction of sp³-hybridized carbons (Fsp3) is 0.174. The number of ketones is 1. The molecule has 0 amide bonds. The zero-order chi connectivity index (χ0) is 21.5. The number of aromatic hydroxyl groups is 1. The third-order valence-electron chi connectivity index (χ3n) is 5.03. The molecular weight excluding hydrogens is 411 g/mol. The average molecular weight is 432 g/mol. The molecule has 0 radical (unpaired) electrons. The predicted octanol–water partition coefficient (Wildman–Crippen LogP) is 1.19. The summed E-state index contributed by atoms with van der Waals surface area (Å²) in [5, 5.41) is 10.1. The van der Waals surface area contributed by atoms with Crippen molar-refractivity contribution in [3.8, 4) is 5.75 Å². The monoisotopic (exact) mass is 432 g/mol. The van der Waals surface area contributed by atoms with Crippen molar-refractivity contribution >= 4 is 21.5 Å². The SMILES string of the molecule is CC1=C/C(=C(\c2cc(C)c(O)cc2C)c2ccccc2S(=O)(=O)[O-])C(C)=CC1=O.[Na+]. The standard InChI is InChI=1S/C23H22O5S.Na/c1-13-11-20(24)15(3)9-18(13)23(19-10-16(4)21(25)12-14(19)2)17-7-5-6-8-22(17)29(26,27)28;/h5-12,24H,1-4H3,(H,26,27,28);/q;+1/p-1/b23-19+;. The Morgan fingerprint density at radius 1 is 0.900 bits per heavy atom. The minimum atomic E-state index is -4.74. The topological polar surface area (TPSA) is 94.5 Å². The molecule has 150 valence electrons. The van der Waals surface area contributed by atoms with Gasteiger partial charge >= 0.3 is 29.6 Å². The Hall–Kier alpha value is -1.96. The Morgan fingerprint density at radius 2 is 1.53 bits per heavy atom. The molecule has 2 aromatic rings. The molecule has 0 spiro atoms. The first-order chi connectivity index (χ1) is 13.5. The number of phenols is 1. The Labute approximate surface area is 198 Å². The van der Waals surface area contributed by atoms with E-state index in [9.17, 15) is 22.9 Å². The van der Waals surface area contributed by atoms with Crippen molar-refractivity contribution in [2.45, 2.75) is 32.6 Å². The van der Waals surface area contributed by atoms with Gasteiger partial charge in [-0.15, -0.1) is 0 Å². The van der Waals surface area contributed by atoms with Gasteiger partial charge in [-0.3, -0.25) is 4.79 Å². The van der Waals surface area contributed by atoms with Crippen LogP contribution in [0.5, 0.6) is 5.75 Å². The van der Waals surface area contributed by atoms with Crippen LogP contribution in [0.2, 0.25) is 0 Å². The zero-order valence-electron chi connectivity index (χ0n) is 17.6. The van der Waals surface area contributed by atoms with Gasteiger partial charge in [0.05, 0.1) is 4.90 Å². The van der Waals surface area contributed by atoms with Gasteiger partial charge in [0.1, 0.15) is 15.9 Å². The van der Waals surface area contributed by atoms with Gasteiger partial charge in [-0.05, 0) is 97.0 Å². The molecule has 0 fully saturated rings. The van der Waals surface area contributed by atoms with Crippen LogP contribution in [-0.4, -0.2) is 23.9 Å². The average Bonchev–Trinajstić information content (AvgIpc) is 2.63. The summed E-state index contributed by atoms with van der Waals surface area (Å²) in [5.74, 6) is 0.00656. The van der Waals surface area contributed by atoms with E-state index >= 15 is 0 Å². The van der Waals surface area contributed by atoms with Crippen LogP contribution in [0.4, 0.5) is 0 Å². The maximum absolute atomic E-state index is 12.1. The maximum atomic E-state index is 12.1. The molecule has 1 aliphatic carbocycles. The molecule has 0 heterocycles. The number of carbonyl (C=O) groups is 1. The first-order valence-corrected chi connectivity index (χ1v) is 10.4. The number of benzene rings is 2. The number of hydrogen-bond acceptors (Lipinski definition) is 5. The summed E-state index contributed by atoms with van der Waals surface area (Å²) in [5.41, 5.74) is 4.63. The summed E-state index contributed by atoms with van der Waals surface area (Å²) in [6, 6.07) is 9.39. The molecule has 0 unspecified atom stereocenters. The predicted molar refractivity (Wildman–Crippen MR) is 111 cm³/mol. The van der Waals surface area contributed by atoms with Gasteiger partial charge < -0.3 is 9.66 Å². The normalized spacial score (nSPS) is 15.8. The molecule has 5 nitrogen and oxygen atoms in total. The van der Waals surface area contributed by atoms with E-state index in [4.69, 9.17) is 0 Å². The Bertz CT molecular complexity index is 1230. The van der Waals surface area contributed by atoms with Gasteiger partial charge in [0.2, 0.25) is 0 Å². The number of carbonyl (C=O) groups excluding carboxylic acids is 1. The zero-order valence-corrected chi connectivity index (χ0v) is 20.4. The van der Waals surface area contributed by atoms with Gasteiger partial charge in [0, 0.05) is 5.56 Å². The molecular formula is C23H21NaO5S. The molecule has 3 rings (SSSR count). The van der Waals surface area contributed by atoms with E-state index in [1.807, 2.05) is 0 Å². The minimum absolute atomic E-state index is 0. The molecule has 0 aromatic heterocycles. The molecule has 7 heteroatoms. The van der Waals surface area contributed by atoms with Crippen LogP contribution in [-0.2, 0) is 14.9 Å². The first-order valence-electron chi connectivity index (χ1n) is 9.02. The van der Waals surface area contributed by atoms with Gasteiger partial charge in [0.15, 0.2) is 5.78 Å². The van der Waals surface area contributed by atoms with Crippen LogP contribution in [0.3, 0.4) is 0 Å². The van der Waals surface area contributed by atoms with Crippen molar-refractivity contribution < 1.29 is 52.4 Å². The van der Waals surface area contributed by atoms with Crippen molar-refractivity contribution in [3.05, 3.63) is 87.5 Å². The molecule has 0 bridgehead atoms. The van der Waals surface area contributed by atoms with Crippen molar-refractivity contribution in [1.82, 2.24) is 0 Å². The largest absolute Gasteiger partial charge is 1.00 e. The van der Waals surface area contributed by atoms with Gasteiger partial charge in [0.25, 0.3) is 0 Å². The van der Waals surface area contributed by atoms with Crippen LogP contribution in [0.25, 0.3) is 5.57 Å². The summed E-state index contributed by atoms with van der Waals surface area (Å²) in [4.78, 5) is 11.8. The third-order valence-corrected chi connectivity index (χ3v) is 5.92. The second-order valence-electron chi connectivity index (χ2n) is 7.21. The molecule has 0 saturated carbocycles. The number of rotatable bonds is 3. The second kappa shape index (κ2) is 9.04. The Kier molecular flexibility index (Phi) is 7.32. The number of aryl methyl sites for hydroxylation is 2. The third kappa shape index (κ3) is 4.68. The van der Waals surface area contributed by atoms with Crippen molar-refractivity contribution in [2.24, 2.45) is 0 Å². The van der Waals surface area contributed by atoms with Crippen LogP contribution in [0.15, 0.2) is 70.2 Å². The molecule has 2 aromatic carbocycles. The number of allylic oxidation sites excluding steroid dienone is 5. The summed E-state index contributed by atoms with van der Waals surface area (Å²) in [7, 11) is -4.74. The smallest absolute Gasteiger partial charge is 0.744 e. The van der Waals surface area contributed by atoms with E-state index in [0.717, 1.165) is 0 Å². The molecule has 30 heavy (non-hydrogen) atoms. The first kappa shape index (κ1) is 24.3. The summed E-state index contributed by atoms with van der Waals surface area (Å²) < 4.78 is 35.9. The van der Waals surface area contributed by atoms with Crippen LogP contribution in [0.1, 0.15) is 36.1 Å². The molecule has 0 saturated heterocycles. The summed E-state index contributed by atoms with van der Waals surface area (Å²) in [6.45, 7) is 7.00. The van der Waals surface area contributed by atoms with E-state index in [0.29, 0.717) is 39.0 Å². The quantitative estimate of drug-likeness (QED) is 0.581. The molecule has 1 N–H and O–H groups in total. The fourth-order valence-electron chi connectivity index (χ4n) is 3.46. The van der Waals surface area contributed by atoms with Crippen molar-refractivity contribution in [1.29, 1.82) is 0 Å². The van der Waals surface area contributed by atoms with Gasteiger partial charge in [-0.1, -0.05) is 18.2 Å². The van der Waals surface area contributed by atoms with Crippen LogP contribution in [0, 0.1) is 13.8 Å². The van der Waals surface area contributed by atoms with Crippen LogP contribution >= 0.6 is 0 Å². The number of phenolic OH excluding ortho intramolecular Hbond substituents is 1. The second-order valence-corrected chi connectivity index (χ2v) is 8.56. The van der Waals surface area contributed by atoms with E-state index in [2.05, 4.69) is 0 Å². The molecule has 0 atom stereocenters. The minimum Gasteiger partial charge on any atom is -0.744 e. The van der Waals surface area contributed by atoms with Gasteiger partial charge in [-0.25, -0.2) is 8.42 Å². The van der Waals surface area contributed by atoms with Crippen molar-refractivity contribution in [3.63, 3.8) is 0 Å². The maximum Gasteiger partial charge on any atom is 1.00 e. The molecule has 0 aliphatic heterocycles. The summed E-state index contributed by atoms with van der Waals surface area (Å²) >= 11 is 0. The van der Waals surface area contributed by atoms with E-state index in [-0.39, 0.29) is 51.5 Å². The van der Waals surface area contributed by atoms with Gasteiger partial charge in [-0.2, -0.15) is 0 Å². The van der Waals surface area contributed by atoms with E-state index < -0.39 is 10.1 Å². The Morgan fingerprint density at radius 3 is 2.17 bits per heavy atom. The van der Waals surface area contributed by atoms with E-state index in [1.165, 1.54) is 18.2 Å². The summed E-state index contributed by atoms with van der Waals surface area (Å²) in [6.07, 6.45) is 3.21. The van der Waals surface area contributed by atoms with Crippen molar-refractivity contribution in [2.75, 3.05) is 0 Å². The fourth-order valence-corrected chi connectivity index (χ4v) is 4.14. The van der Waals surface area contributed by atoms with E-state index in [1.54, 1.807) is 58.0 Å². The Balaban J connectivity index is 0.00000320. The number of hydrogen-bond donors (Lipinski definition) is 1.